The first-order chi connectivity index (χ1) is 13.4. The fourth-order valence-electron chi connectivity index (χ4n) is 2.86. The van der Waals surface area contributed by atoms with Gasteiger partial charge in [0.2, 0.25) is 0 Å². The Morgan fingerprint density at radius 1 is 1.11 bits per heavy atom. The van der Waals surface area contributed by atoms with Crippen molar-refractivity contribution in [3.8, 4) is 0 Å². The number of amides is 2. The van der Waals surface area contributed by atoms with Gasteiger partial charge in [0, 0.05) is 6.07 Å². The Morgan fingerprint density at radius 2 is 1.89 bits per heavy atom. The number of benzene rings is 1. The van der Waals surface area contributed by atoms with Crippen molar-refractivity contribution >= 4 is 40.1 Å². The Kier molecular flexibility index (Phi) is 4.48. The minimum absolute atomic E-state index is 0.138. The van der Waals surface area contributed by atoms with Gasteiger partial charge in [-0.05, 0) is 30.9 Å². The zero-order chi connectivity index (χ0) is 19.7. The summed E-state index contributed by atoms with van der Waals surface area (Å²) in [6.45, 7) is 3.84. The number of hydrogen-bond donors (Lipinski definition) is 3. The number of thiophene rings is 1. The molecule has 0 aliphatic carbocycles. The van der Waals surface area contributed by atoms with Crippen molar-refractivity contribution in [2.75, 3.05) is 5.32 Å². The zero-order valence-electron chi connectivity index (χ0n) is 15.3. The maximum atomic E-state index is 12.7. The molecule has 4 aromatic rings. The summed E-state index contributed by atoms with van der Waals surface area (Å²) in [5.41, 5.74) is 1.26. The molecule has 142 valence electrons. The highest BCUT2D eigenvalue weighted by Crippen LogP contribution is 2.26. The number of hydrogen-bond acceptors (Lipinski definition) is 5. The Bertz CT molecular complexity index is 1130. The van der Waals surface area contributed by atoms with Crippen LogP contribution in [0.2, 0.25) is 0 Å². The van der Waals surface area contributed by atoms with Crippen LogP contribution >= 0.6 is 11.3 Å². The largest absolute Gasteiger partial charge is 0.445 e. The van der Waals surface area contributed by atoms with E-state index in [0.717, 1.165) is 5.56 Å². The van der Waals surface area contributed by atoms with Gasteiger partial charge in [-0.25, -0.2) is 0 Å². The van der Waals surface area contributed by atoms with Crippen molar-refractivity contribution in [2.24, 2.45) is 0 Å². The number of carbonyl (C=O) groups is 2. The van der Waals surface area contributed by atoms with Crippen LogP contribution < -0.4 is 10.6 Å². The van der Waals surface area contributed by atoms with Crippen LogP contribution in [0.3, 0.4) is 0 Å². The first kappa shape index (κ1) is 18.0. The normalized spacial score (nSPS) is 11.5. The Balaban J connectivity index is 1.54. The number of aromatic nitrogens is 2. The standard InChI is InChI=1S/C20H18N4O3S/c1-20(2,12-7-4-3-5-8-12)22-18(25)14-11-13-16(27-14)17(24-23-13)21-19(26)15-9-6-10-28-15/h3-11H,1-2H3,(H,22,25)(H2,21,23,24,26). The van der Waals surface area contributed by atoms with Gasteiger partial charge < -0.3 is 15.1 Å². The summed E-state index contributed by atoms with van der Waals surface area (Å²) in [7, 11) is 0. The average molecular weight is 394 g/mol. The van der Waals surface area contributed by atoms with Crippen LogP contribution in [0.4, 0.5) is 5.82 Å². The molecule has 3 aromatic heterocycles. The van der Waals surface area contributed by atoms with E-state index in [4.69, 9.17) is 4.42 Å². The minimum atomic E-state index is -0.576. The number of nitrogens with zero attached hydrogens (tertiary/aromatic N) is 1. The van der Waals surface area contributed by atoms with E-state index in [1.807, 2.05) is 49.6 Å². The van der Waals surface area contributed by atoms with Crippen LogP contribution in [0.1, 0.15) is 39.6 Å². The molecule has 0 fully saturated rings. The maximum Gasteiger partial charge on any atom is 0.287 e. The molecule has 7 nitrogen and oxygen atoms in total. The van der Waals surface area contributed by atoms with E-state index in [9.17, 15) is 9.59 Å². The molecule has 0 aliphatic heterocycles. The van der Waals surface area contributed by atoms with Gasteiger partial charge in [0.15, 0.2) is 17.2 Å². The van der Waals surface area contributed by atoms with Gasteiger partial charge in [-0.15, -0.1) is 11.3 Å². The van der Waals surface area contributed by atoms with Crippen LogP contribution in [0.5, 0.6) is 0 Å². The zero-order valence-corrected chi connectivity index (χ0v) is 16.1. The SMILES string of the molecule is CC(C)(NC(=O)c1cc2[nH]nc(NC(=O)c3cccs3)c2o1)c1ccccc1. The minimum Gasteiger partial charge on any atom is -0.445 e. The van der Waals surface area contributed by atoms with Crippen molar-refractivity contribution in [3.63, 3.8) is 0 Å². The molecule has 1 aromatic carbocycles. The molecule has 0 aliphatic rings. The van der Waals surface area contributed by atoms with Gasteiger partial charge in [0.25, 0.3) is 11.8 Å². The lowest BCUT2D eigenvalue weighted by Gasteiger charge is -2.26. The lowest BCUT2D eigenvalue weighted by Crippen LogP contribution is -2.40. The van der Waals surface area contributed by atoms with E-state index in [1.54, 1.807) is 18.2 Å². The van der Waals surface area contributed by atoms with E-state index in [0.29, 0.717) is 16.0 Å². The molecule has 0 unspecified atom stereocenters. The van der Waals surface area contributed by atoms with Crippen molar-refractivity contribution in [1.29, 1.82) is 0 Å². The van der Waals surface area contributed by atoms with Gasteiger partial charge >= 0.3 is 0 Å². The Hall–Kier alpha value is -3.39. The van der Waals surface area contributed by atoms with Gasteiger partial charge in [0.1, 0.15) is 5.52 Å². The Labute approximate surface area is 164 Å². The summed E-state index contributed by atoms with van der Waals surface area (Å²) in [6.07, 6.45) is 0. The van der Waals surface area contributed by atoms with Crippen molar-refractivity contribution in [2.45, 2.75) is 19.4 Å². The van der Waals surface area contributed by atoms with Crippen molar-refractivity contribution in [3.05, 3.63) is 70.1 Å². The lowest BCUT2D eigenvalue weighted by molar-refractivity contribution is 0.0885. The number of rotatable bonds is 5. The first-order valence-electron chi connectivity index (χ1n) is 8.65. The Morgan fingerprint density at radius 3 is 2.61 bits per heavy atom. The second-order valence-corrected chi connectivity index (χ2v) is 7.75. The van der Waals surface area contributed by atoms with E-state index in [1.165, 1.54) is 11.3 Å². The molecule has 0 atom stereocenters. The number of nitrogens with one attached hydrogen (secondary N) is 3. The first-order valence-corrected chi connectivity index (χ1v) is 9.53. The molecule has 0 saturated heterocycles. The second kappa shape index (κ2) is 6.97. The highest BCUT2D eigenvalue weighted by atomic mass is 32.1. The molecule has 0 radical (unpaired) electrons. The maximum absolute atomic E-state index is 12.7. The van der Waals surface area contributed by atoms with Gasteiger partial charge in [-0.1, -0.05) is 36.4 Å². The van der Waals surface area contributed by atoms with Crippen LogP contribution in [-0.2, 0) is 5.54 Å². The third-order valence-electron chi connectivity index (χ3n) is 4.36. The third-order valence-corrected chi connectivity index (χ3v) is 5.23. The molecular weight excluding hydrogens is 376 g/mol. The summed E-state index contributed by atoms with van der Waals surface area (Å²) in [5.74, 6) is -0.251. The highest BCUT2D eigenvalue weighted by molar-refractivity contribution is 7.12. The van der Waals surface area contributed by atoms with Crippen molar-refractivity contribution < 1.29 is 14.0 Å². The van der Waals surface area contributed by atoms with Gasteiger partial charge in [0.05, 0.1) is 10.4 Å². The number of anilines is 1. The summed E-state index contributed by atoms with van der Waals surface area (Å²) in [5, 5.41) is 14.3. The molecule has 2 amide bonds. The lowest BCUT2D eigenvalue weighted by atomic mass is 9.94. The molecule has 28 heavy (non-hydrogen) atoms. The molecule has 8 heteroatoms. The van der Waals surface area contributed by atoms with Crippen molar-refractivity contribution in [1.82, 2.24) is 15.5 Å². The van der Waals surface area contributed by atoms with Crippen LogP contribution in [0.15, 0.2) is 58.3 Å². The quantitative estimate of drug-likeness (QED) is 0.474. The van der Waals surface area contributed by atoms with Crippen LogP contribution in [0, 0.1) is 0 Å². The van der Waals surface area contributed by atoms with Crippen LogP contribution in [-0.4, -0.2) is 22.0 Å². The predicted octanol–water partition coefficient (Wildman–Crippen LogP) is 4.13. The van der Waals surface area contributed by atoms with Gasteiger partial charge in [-0.3, -0.25) is 14.7 Å². The molecule has 0 saturated carbocycles. The molecule has 4 rings (SSSR count). The van der Waals surface area contributed by atoms with E-state index < -0.39 is 5.54 Å². The molecule has 3 heterocycles. The highest BCUT2D eigenvalue weighted by Gasteiger charge is 2.26. The molecule has 0 spiro atoms. The number of H-pyrrole nitrogens is 1. The van der Waals surface area contributed by atoms with E-state index in [-0.39, 0.29) is 23.4 Å². The molecular formula is C20H18N4O3S. The monoisotopic (exact) mass is 394 g/mol. The number of aromatic amines is 1. The number of furan rings is 1. The summed E-state index contributed by atoms with van der Waals surface area (Å²) < 4.78 is 5.68. The number of fused-ring (bicyclic) bond motifs is 1. The fraction of sp³-hybridized carbons (Fsp3) is 0.150. The summed E-state index contributed by atoms with van der Waals surface area (Å²) in [6, 6.07) is 14.8. The van der Waals surface area contributed by atoms with E-state index in [2.05, 4.69) is 20.8 Å². The van der Waals surface area contributed by atoms with Crippen LogP contribution in [0.25, 0.3) is 11.1 Å². The summed E-state index contributed by atoms with van der Waals surface area (Å²) in [4.78, 5) is 25.5. The van der Waals surface area contributed by atoms with Gasteiger partial charge in [-0.2, -0.15) is 5.10 Å². The smallest absolute Gasteiger partial charge is 0.287 e. The average Bonchev–Trinajstić information content (AvgIpc) is 3.40. The topological polar surface area (TPSA) is 100 Å². The third kappa shape index (κ3) is 3.41. The molecule has 3 N–H and O–H groups in total. The predicted molar refractivity (Wildman–Crippen MR) is 108 cm³/mol. The fourth-order valence-corrected chi connectivity index (χ4v) is 3.48. The number of carbonyl (C=O) groups excluding carboxylic acids is 2. The second-order valence-electron chi connectivity index (χ2n) is 6.80. The summed E-state index contributed by atoms with van der Waals surface area (Å²) >= 11 is 1.33. The van der Waals surface area contributed by atoms with E-state index >= 15 is 0 Å². The molecule has 0 bridgehead atoms.